The fourth-order valence-corrected chi connectivity index (χ4v) is 1.61. The molecule has 0 aliphatic carbocycles. The zero-order chi connectivity index (χ0) is 13.1. The van der Waals surface area contributed by atoms with E-state index in [4.69, 9.17) is 0 Å². The lowest BCUT2D eigenvalue weighted by molar-refractivity contribution is 0.921. The summed E-state index contributed by atoms with van der Waals surface area (Å²) >= 11 is 0. The molecule has 0 amide bonds. The van der Waals surface area contributed by atoms with Crippen molar-refractivity contribution < 1.29 is 0 Å². The van der Waals surface area contributed by atoms with Gasteiger partial charge in [-0.05, 0) is 18.1 Å². The van der Waals surface area contributed by atoms with Crippen LogP contribution < -0.4 is 0 Å². The number of benzene rings is 1. The Hall–Kier alpha value is -1.56. The highest BCUT2D eigenvalue weighted by molar-refractivity contribution is 5.35. The molecular formula is C17H24. The quantitative estimate of drug-likeness (QED) is 0.596. The van der Waals surface area contributed by atoms with Crippen molar-refractivity contribution in [1.29, 1.82) is 0 Å². The molecule has 0 saturated carbocycles. The molecule has 1 aromatic carbocycles. The topological polar surface area (TPSA) is 0 Å². The minimum absolute atomic E-state index is 0.417. The van der Waals surface area contributed by atoms with Gasteiger partial charge in [-0.1, -0.05) is 82.0 Å². The van der Waals surface area contributed by atoms with E-state index in [0.29, 0.717) is 5.92 Å². The van der Waals surface area contributed by atoms with Crippen molar-refractivity contribution in [2.75, 3.05) is 0 Å². The molecule has 17 heavy (non-hydrogen) atoms. The first-order valence-corrected chi connectivity index (χ1v) is 6.29. The van der Waals surface area contributed by atoms with Gasteiger partial charge in [0.2, 0.25) is 0 Å². The van der Waals surface area contributed by atoms with Crippen molar-refractivity contribution >= 4 is 0 Å². The Balaban J connectivity index is 0.00000121. The van der Waals surface area contributed by atoms with Crippen LogP contribution >= 0.6 is 0 Å². The van der Waals surface area contributed by atoms with Gasteiger partial charge in [-0.15, -0.1) is 0 Å². The monoisotopic (exact) mass is 228 g/mol. The van der Waals surface area contributed by atoms with Gasteiger partial charge in [-0.2, -0.15) is 0 Å². The van der Waals surface area contributed by atoms with Crippen LogP contribution in [-0.4, -0.2) is 0 Å². The Morgan fingerprint density at radius 2 is 1.76 bits per heavy atom. The minimum Gasteiger partial charge on any atom is -0.0991 e. The molecule has 1 rings (SSSR count). The zero-order valence-corrected chi connectivity index (χ0v) is 11.5. The van der Waals surface area contributed by atoms with Crippen LogP contribution in [-0.2, 0) is 0 Å². The van der Waals surface area contributed by atoms with Crippen LogP contribution in [0.25, 0.3) is 0 Å². The molecule has 0 saturated heterocycles. The molecule has 92 valence electrons. The Bertz CT molecular complexity index is 355. The standard InChI is InChI=1S/C15H18.C2H6/c1-4-9-14(10-5-2)13(3)15-11-7-6-8-12-15;1-2/h4-13H,1H2,2-3H3;1-2H3/b10-5-,14-9+;. The highest BCUT2D eigenvalue weighted by Gasteiger charge is 2.06. The molecule has 0 fully saturated rings. The summed E-state index contributed by atoms with van der Waals surface area (Å²) in [5.41, 5.74) is 2.63. The highest BCUT2D eigenvalue weighted by Crippen LogP contribution is 2.24. The molecule has 0 bridgehead atoms. The minimum atomic E-state index is 0.417. The van der Waals surface area contributed by atoms with Crippen LogP contribution in [0.15, 0.2) is 66.8 Å². The summed E-state index contributed by atoms with van der Waals surface area (Å²) in [5, 5.41) is 0. The van der Waals surface area contributed by atoms with E-state index in [1.165, 1.54) is 11.1 Å². The summed E-state index contributed by atoms with van der Waals surface area (Å²) in [7, 11) is 0. The molecule has 0 heteroatoms. The lowest BCUT2D eigenvalue weighted by Gasteiger charge is -2.12. The maximum absolute atomic E-state index is 3.75. The predicted molar refractivity (Wildman–Crippen MR) is 79.3 cm³/mol. The number of rotatable bonds is 4. The van der Waals surface area contributed by atoms with Gasteiger partial charge in [-0.25, -0.2) is 0 Å². The molecular weight excluding hydrogens is 204 g/mol. The predicted octanol–water partition coefficient (Wildman–Crippen LogP) is 5.50. The number of hydrogen-bond acceptors (Lipinski definition) is 0. The van der Waals surface area contributed by atoms with E-state index >= 15 is 0 Å². The van der Waals surface area contributed by atoms with Gasteiger partial charge in [-0.3, -0.25) is 0 Å². The lowest BCUT2D eigenvalue weighted by atomic mass is 9.92. The lowest BCUT2D eigenvalue weighted by Crippen LogP contribution is -1.95. The van der Waals surface area contributed by atoms with E-state index in [1.54, 1.807) is 0 Å². The van der Waals surface area contributed by atoms with E-state index in [2.05, 4.69) is 56.0 Å². The third kappa shape index (κ3) is 5.35. The second kappa shape index (κ2) is 9.65. The Morgan fingerprint density at radius 3 is 2.24 bits per heavy atom. The Labute approximate surface area is 106 Å². The van der Waals surface area contributed by atoms with Crippen molar-refractivity contribution in [1.82, 2.24) is 0 Å². The zero-order valence-electron chi connectivity index (χ0n) is 11.5. The summed E-state index contributed by atoms with van der Waals surface area (Å²) in [5.74, 6) is 0.417. The van der Waals surface area contributed by atoms with Gasteiger partial charge in [0.1, 0.15) is 0 Å². The Morgan fingerprint density at radius 1 is 1.18 bits per heavy atom. The third-order valence-electron chi connectivity index (χ3n) is 2.47. The van der Waals surface area contributed by atoms with Crippen LogP contribution in [0, 0.1) is 0 Å². The molecule has 0 aromatic heterocycles. The first kappa shape index (κ1) is 15.4. The van der Waals surface area contributed by atoms with E-state index in [-0.39, 0.29) is 0 Å². The Kier molecular flexibility index (Phi) is 8.77. The van der Waals surface area contributed by atoms with E-state index in [0.717, 1.165) is 0 Å². The van der Waals surface area contributed by atoms with Gasteiger partial charge in [0.05, 0.1) is 0 Å². The summed E-state index contributed by atoms with van der Waals surface area (Å²) in [6, 6.07) is 10.5. The van der Waals surface area contributed by atoms with Crippen LogP contribution in [0.1, 0.15) is 39.2 Å². The first-order valence-electron chi connectivity index (χ1n) is 6.29. The molecule has 0 aliphatic rings. The maximum Gasteiger partial charge on any atom is 0.00608 e. The number of allylic oxidation sites excluding steroid dienone is 5. The van der Waals surface area contributed by atoms with Crippen molar-refractivity contribution in [2.45, 2.75) is 33.6 Å². The van der Waals surface area contributed by atoms with Crippen molar-refractivity contribution in [3.8, 4) is 0 Å². The molecule has 0 aliphatic heterocycles. The van der Waals surface area contributed by atoms with E-state index in [1.807, 2.05) is 32.9 Å². The van der Waals surface area contributed by atoms with Crippen molar-refractivity contribution in [3.05, 3.63) is 72.4 Å². The third-order valence-corrected chi connectivity index (χ3v) is 2.47. The van der Waals surface area contributed by atoms with E-state index < -0.39 is 0 Å². The molecule has 0 heterocycles. The fraction of sp³-hybridized carbons (Fsp3) is 0.294. The van der Waals surface area contributed by atoms with Crippen molar-refractivity contribution in [3.63, 3.8) is 0 Å². The van der Waals surface area contributed by atoms with Gasteiger partial charge in [0, 0.05) is 5.92 Å². The molecule has 1 atom stereocenters. The second-order valence-corrected chi connectivity index (χ2v) is 3.53. The fourth-order valence-electron chi connectivity index (χ4n) is 1.61. The normalized spacial score (nSPS) is 12.8. The largest absolute Gasteiger partial charge is 0.0991 e. The SMILES string of the molecule is C=C/C=C(\C=C/C)C(C)c1ccccc1.CC. The maximum atomic E-state index is 3.75. The summed E-state index contributed by atoms with van der Waals surface area (Å²) in [6.07, 6.45) is 8.11. The molecule has 1 aromatic rings. The molecule has 0 spiro atoms. The van der Waals surface area contributed by atoms with Gasteiger partial charge in [0.25, 0.3) is 0 Å². The van der Waals surface area contributed by atoms with Crippen molar-refractivity contribution in [2.24, 2.45) is 0 Å². The van der Waals surface area contributed by atoms with E-state index in [9.17, 15) is 0 Å². The van der Waals surface area contributed by atoms with Crippen LogP contribution in [0.4, 0.5) is 0 Å². The highest BCUT2D eigenvalue weighted by atomic mass is 14.1. The molecule has 1 unspecified atom stereocenters. The van der Waals surface area contributed by atoms with Crippen LogP contribution in [0.5, 0.6) is 0 Å². The number of hydrogen-bond donors (Lipinski definition) is 0. The molecule has 0 nitrogen and oxygen atoms in total. The van der Waals surface area contributed by atoms with Gasteiger partial charge < -0.3 is 0 Å². The average molecular weight is 228 g/mol. The van der Waals surface area contributed by atoms with Gasteiger partial charge >= 0.3 is 0 Å². The van der Waals surface area contributed by atoms with Gasteiger partial charge in [0.15, 0.2) is 0 Å². The first-order chi connectivity index (χ1) is 8.29. The second-order valence-electron chi connectivity index (χ2n) is 3.53. The molecule has 0 radical (unpaired) electrons. The smallest absolute Gasteiger partial charge is 0.00608 e. The summed E-state index contributed by atoms with van der Waals surface area (Å²) in [6.45, 7) is 12.0. The van der Waals surface area contributed by atoms with Crippen LogP contribution in [0.2, 0.25) is 0 Å². The van der Waals surface area contributed by atoms with Crippen LogP contribution in [0.3, 0.4) is 0 Å². The summed E-state index contributed by atoms with van der Waals surface area (Å²) in [4.78, 5) is 0. The average Bonchev–Trinajstić information content (AvgIpc) is 2.41. The summed E-state index contributed by atoms with van der Waals surface area (Å²) < 4.78 is 0. The molecule has 0 N–H and O–H groups in total.